The van der Waals surface area contributed by atoms with Gasteiger partial charge in [-0.15, -0.1) is 0 Å². The minimum absolute atomic E-state index is 0.695. The van der Waals surface area contributed by atoms with Crippen molar-refractivity contribution >= 4 is 0 Å². The SMILES string of the molecule is CCCCCCCC1CCC([C@H]2CC[C@](C)(CCC)CC2)CC1. The third-order valence-corrected chi connectivity index (χ3v) is 7.36. The molecule has 0 radical (unpaired) electrons. The molecule has 0 nitrogen and oxygen atoms in total. The Bertz CT molecular complexity index is 289. The van der Waals surface area contributed by atoms with Crippen LogP contribution in [0.2, 0.25) is 0 Å². The fraction of sp³-hybridized carbons (Fsp3) is 1.00. The van der Waals surface area contributed by atoms with Crippen LogP contribution in [0.1, 0.15) is 124 Å². The maximum Gasteiger partial charge on any atom is -0.0326 e. The first-order chi connectivity index (χ1) is 11.2. The maximum absolute atomic E-state index is 2.56. The van der Waals surface area contributed by atoms with Gasteiger partial charge in [-0.3, -0.25) is 0 Å². The highest BCUT2D eigenvalue weighted by molar-refractivity contribution is 4.86. The second-order valence-corrected chi connectivity index (χ2v) is 9.38. The van der Waals surface area contributed by atoms with Crippen molar-refractivity contribution in [2.75, 3.05) is 0 Å². The molecule has 2 fully saturated rings. The van der Waals surface area contributed by atoms with Gasteiger partial charge in [-0.2, -0.15) is 0 Å². The van der Waals surface area contributed by atoms with Crippen LogP contribution in [0.25, 0.3) is 0 Å². The third kappa shape index (κ3) is 6.43. The zero-order valence-corrected chi connectivity index (χ0v) is 16.5. The molecule has 0 spiro atoms. The van der Waals surface area contributed by atoms with Gasteiger partial charge in [-0.05, 0) is 68.1 Å². The Kier molecular flexibility index (Phi) is 8.48. The van der Waals surface area contributed by atoms with E-state index in [1.54, 1.807) is 38.5 Å². The van der Waals surface area contributed by atoms with E-state index in [1.165, 1.54) is 64.2 Å². The number of rotatable bonds is 9. The van der Waals surface area contributed by atoms with Gasteiger partial charge in [0.15, 0.2) is 0 Å². The van der Waals surface area contributed by atoms with E-state index in [-0.39, 0.29) is 0 Å². The summed E-state index contributed by atoms with van der Waals surface area (Å²) >= 11 is 0. The molecule has 0 aliphatic heterocycles. The molecule has 0 aromatic heterocycles. The fourth-order valence-corrected chi connectivity index (χ4v) is 5.65. The van der Waals surface area contributed by atoms with Crippen LogP contribution in [0, 0.1) is 23.2 Å². The van der Waals surface area contributed by atoms with Gasteiger partial charge in [0, 0.05) is 0 Å². The summed E-state index contributed by atoms with van der Waals surface area (Å²) in [4.78, 5) is 0. The number of unbranched alkanes of at least 4 members (excludes halogenated alkanes) is 4. The van der Waals surface area contributed by atoms with Crippen LogP contribution in [0.4, 0.5) is 0 Å². The van der Waals surface area contributed by atoms with Gasteiger partial charge in [-0.1, -0.05) is 78.6 Å². The van der Waals surface area contributed by atoms with Crippen LogP contribution in [-0.4, -0.2) is 0 Å². The van der Waals surface area contributed by atoms with Gasteiger partial charge in [0.2, 0.25) is 0 Å². The summed E-state index contributed by atoms with van der Waals surface area (Å²) in [6.45, 7) is 7.24. The Hall–Kier alpha value is 0. The van der Waals surface area contributed by atoms with E-state index in [0.717, 1.165) is 17.8 Å². The molecule has 2 saturated carbocycles. The average Bonchev–Trinajstić information content (AvgIpc) is 2.56. The first kappa shape index (κ1) is 19.3. The molecule has 0 bridgehead atoms. The lowest BCUT2D eigenvalue weighted by atomic mass is 9.64. The third-order valence-electron chi connectivity index (χ3n) is 7.36. The lowest BCUT2D eigenvalue weighted by Gasteiger charge is -2.42. The molecule has 136 valence electrons. The van der Waals surface area contributed by atoms with E-state index in [2.05, 4.69) is 20.8 Å². The van der Waals surface area contributed by atoms with E-state index in [0.29, 0.717) is 5.41 Å². The van der Waals surface area contributed by atoms with Gasteiger partial charge in [-0.25, -0.2) is 0 Å². The van der Waals surface area contributed by atoms with Gasteiger partial charge < -0.3 is 0 Å². The van der Waals surface area contributed by atoms with E-state index in [4.69, 9.17) is 0 Å². The van der Waals surface area contributed by atoms with Crippen molar-refractivity contribution in [1.82, 2.24) is 0 Å². The molecule has 0 heterocycles. The average molecular weight is 321 g/mol. The predicted octanol–water partition coefficient (Wildman–Crippen LogP) is 8.15. The van der Waals surface area contributed by atoms with E-state index >= 15 is 0 Å². The molecule has 2 rings (SSSR count). The Morgan fingerprint density at radius 2 is 1.30 bits per heavy atom. The Morgan fingerprint density at radius 1 is 0.696 bits per heavy atom. The van der Waals surface area contributed by atoms with Gasteiger partial charge in [0.05, 0.1) is 0 Å². The Morgan fingerprint density at radius 3 is 1.91 bits per heavy atom. The summed E-state index contributed by atoms with van der Waals surface area (Å²) in [6, 6.07) is 0. The minimum Gasteiger partial charge on any atom is -0.0654 e. The summed E-state index contributed by atoms with van der Waals surface area (Å²) in [5, 5.41) is 0. The topological polar surface area (TPSA) is 0 Å². The summed E-state index contributed by atoms with van der Waals surface area (Å²) in [5.41, 5.74) is 0.695. The van der Waals surface area contributed by atoms with Crippen molar-refractivity contribution in [2.45, 2.75) is 124 Å². The smallest absolute Gasteiger partial charge is 0.0326 e. The summed E-state index contributed by atoms with van der Waals surface area (Å²) < 4.78 is 0. The van der Waals surface area contributed by atoms with Crippen molar-refractivity contribution in [3.63, 3.8) is 0 Å². The van der Waals surface area contributed by atoms with Crippen LogP contribution in [0.3, 0.4) is 0 Å². The van der Waals surface area contributed by atoms with Crippen LogP contribution >= 0.6 is 0 Å². The molecule has 23 heavy (non-hydrogen) atoms. The van der Waals surface area contributed by atoms with Crippen molar-refractivity contribution in [1.29, 1.82) is 0 Å². The first-order valence-corrected chi connectivity index (χ1v) is 11.2. The lowest BCUT2D eigenvalue weighted by molar-refractivity contribution is 0.0963. The molecule has 0 atom stereocenters. The maximum atomic E-state index is 2.56. The molecule has 0 aromatic carbocycles. The summed E-state index contributed by atoms with van der Waals surface area (Å²) in [7, 11) is 0. The van der Waals surface area contributed by atoms with Crippen LogP contribution < -0.4 is 0 Å². The quantitative estimate of drug-likeness (QED) is 0.376. The fourth-order valence-electron chi connectivity index (χ4n) is 5.65. The molecule has 0 heteroatoms. The van der Waals surface area contributed by atoms with E-state index < -0.39 is 0 Å². The Labute approximate surface area is 147 Å². The lowest BCUT2D eigenvalue weighted by Crippen LogP contribution is -2.30. The molecule has 2 aliphatic carbocycles. The normalized spacial score (nSPS) is 35.3. The zero-order chi connectivity index (χ0) is 16.5. The van der Waals surface area contributed by atoms with E-state index in [1.807, 2.05) is 0 Å². The van der Waals surface area contributed by atoms with Crippen molar-refractivity contribution in [2.24, 2.45) is 23.2 Å². The summed E-state index contributed by atoms with van der Waals surface area (Å²) in [6.07, 6.45) is 24.0. The van der Waals surface area contributed by atoms with Crippen LogP contribution in [0.15, 0.2) is 0 Å². The van der Waals surface area contributed by atoms with E-state index in [9.17, 15) is 0 Å². The molecule has 0 N–H and O–H groups in total. The standard InChI is InChI=1S/C23H44/c1-4-6-7-8-9-10-20-11-13-21(14-12-20)22-15-18-23(3,17-5-2)19-16-22/h20-22H,4-19H2,1-3H3/t20?,21?,22-,23-. The first-order valence-electron chi connectivity index (χ1n) is 11.2. The molecule has 0 unspecified atom stereocenters. The minimum atomic E-state index is 0.695. The van der Waals surface area contributed by atoms with Crippen molar-refractivity contribution in [3.8, 4) is 0 Å². The van der Waals surface area contributed by atoms with Gasteiger partial charge >= 0.3 is 0 Å². The Balaban J connectivity index is 1.60. The molecule has 2 aliphatic rings. The molecular weight excluding hydrogens is 276 g/mol. The monoisotopic (exact) mass is 320 g/mol. The van der Waals surface area contributed by atoms with Crippen LogP contribution in [0.5, 0.6) is 0 Å². The number of hydrogen-bond acceptors (Lipinski definition) is 0. The van der Waals surface area contributed by atoms with Crippen molar-refractivity contribution < 1.29 is 0 Å². The molecule has 0 saturated heterocycles. The highest BCUT2D eigenvalue weighted by atomic mass is 14.4. The van der Waals surface area contributed by atoms with Crippen molar-refractivity contribution in [3.05, 3.63) is 0 Å². The number of hydrogen-bond donors (Lipinski definition) is 0. The highest BCUT2D eigenvalue weighted by Gasteiger charge is 2.34. The summed E-state index contributed by atoms with van der Waals surface area (Å²) in [5.74, 6) is 3.27. The second kappa shape index (κ2) is 10.1. The molecular formula is C23H44. The predicted molar refractivity (Wildman–Crippen MR) is 104 cm³/mol. The largest absolute Gasteiger partial charge is 0.0654 e. The second-order valence-electron chi connectivity index (χ2n) is 9.38. The molecule has 0 aromatic rings. The van der Waals surface area contributed by atoms with Crippen LogP contribution in [-0.2, 0) is 0 Å². The van der Waals surface area contributed by atoms with Gasteiger partial charge in [0.1, 0.15) is 0 Å². The molecule has 0 amide bonds. The zero-order valence-electron chi connectivity index (χ0n) is 16.5. The highest BCUT2D eigenvalue weighted by Crippen LogP contribution is 2.47. The van der Waals surface area contributed by atoms with Gasteiger partial charge in [0.25, 0.3) is 0 Å².